The van der Waals surface area contributed by atoms with E-state index in [-0.39, 0.29) is 17.6 Å². The van der Waals surface area contributed by atoms with Crippen LogP contribution in [-0.2, 0) is 11.3 Å². The number of hydrogen-bond donors (Lipinski definition) is 2. The third-order valence-corrected chi connectivity index (χ3v) is 7.59. The molecule has 3 heterocycles. The quantitative estimate of drug-likeness (QED) is 0.302. The molecule has 214 valence electrons. The summed E-state index contributed by atoms with van der Waals surface area (Å²) in [4.78, 5) is 45.1. The Morgan fingerprint density at radius 3 is 2.49 bits per heavy atom. The molecule has 5 rings (SSSR count). The highest BCUT2D eigenvalue weighted by atomic mass is 16.6. The summed E-state index contributed by atoms with van der Waals surface area (Å²) in [6.45, 7) is 11.6. The van der Waals surface area contributed by atoms with E-state index in [1.54, 1.807) is 11.5 Å². The highest BCUT2D eigenvalue weighted by molar-refractivity contribution is 5.96. The van der Waals surface area contributed by atoms with Crippen molar-refractivity contribution in [2.24, 2.45) is 0 Å². The van der Waals surface area contributed by atoms with Gasteiger partial charge >= 0.3 is 0 Å². The molecule has 2 aromatic carbocycles. The summed E-state index contributed by atoms with van der Waals surface area (Å²) >= 11 is 0. The van der Waals surface area contributed by atoms with Gasteiger partial charge in [0.15, 0.2) is 5.65 Å². The molecule has 0 bridgehead atoms. The Labute approximate surface area is 239 Å². The Kier molecular flexibility index (Phi) is 8.72. The van der Waals surface area contributed by atoms with Gasteiger partial charge in [0.05, 0.1) is 12.0 Å². The van der Waals surface area contributed by atoms with Crippen molar-refractivity contribution in [1.29, 1.82) is 0 Å². The van der Waals surface area contributed by atoms with Gasteiger partial charge in [-0.3, -0.25) is 14.4 Å². The first-order valence-electron chi connectivity index (χ1n) is 14.0. The van der Waals surface area contributed by atoms with E-state index in [2.05, 4.69) is 44.8 Å². The van der Waals surface area contributed by atoms with Crippen molar-refractivity contribution in [2.45, 2.75) is 27.2 Å². The van der Waals surface area contributed by atoms with Gasteiger partial charge in [-0.15, -0.1) is 0 Å². The fraction of sp³-hybridized carbons (Fsp3) is 0.355. The second kappa shape index (κ2) is 12.6. The lowest BCUT2D eigenvalue weighted by Gasteiger charge is -2.32. The van der Waals surface area contributed by atoms with Gasteiger partial charge in [-0.05, 0) is 75.2 Å². The molecule has 0 spiro atoms. The van der Waals surface area contributed by atoms with Crippen LogP contribution in [0.2, 0.25) is 0 Å². The number of nitrogens with one attached hydrogen (secondary N) is 2. The van der Waals surface area contributed by atoms with Crippen molar-refractivity contribution < 1.29 is 9.63 Å². The fourth-order valence-electron chi connectivity index (χ4n) is 4.84. The van der Waals surface area contributed by atoms with Gasteiger partial charge in [0, 0.05) is 56.5 Å². The summed E-state index contributed by atoms with van der Waals surface area (Å²) in [6, 6.07) is 14.2. The molecule has 10 nitrogen and oxygen atoms in total. The highest BCUT2D eigenvalue weighted by Gasteiger charge is 2.19. The number of pyridine rings is 1. The van der Waals surface area contributed by atoms with Crippen molar-refractivity contribution in [3.8, 4) is 5.69 Å². The van der Waals surface area contributed by atoms with Crippen LogP contribution in [0.3, 0.4) is 0 Å². The number of aromatic nitrogens is 3. The Bertz CT molecular complexity index is 1590. The molecule has 0 radical (unpaired) electrons. The first kappa shape index (κ1) is 28.4. The molecule has 2 aromatic heterocycles. The van der Waals surface area contributed by atoms with Crippen LogP contribution in [0.15, 0.2) is 59.7 Å². The number of nitrogens with zero attached hydrogens (tertiary/aromatic N) is 5. The highest BCUT2D eigenvalue weighted by Crippen LogP contribution is 2.21. The average molecular weight is 556 g/mol. The van der Waals surface area contributed by atoms with Crippen LogP contribution in [0.4, 0.5) is 11.6 Å². The van der Waals surface area contributed by atoms with Gasteiger partial charge < -0.3 is 19.7 Å². The minimum atomic E-state index is -0.619. The van der Waals surface area contributed by atoms with E-state index in [1.807, 2.05) is 44.2 Å². The minimum Gasteiger partial charge on any atom is -0.324 e. The van der Waals surface area contributed by atoms with E-state index >= 15 is 0 Å². The predicted octanol–water partition coefficient (Wildman–Crippen LogP) is 3.61. The molecule has 41 heavy (non-hydrogen) atoms. The second-order valence-corrected chi connectivity index (χ2v) is 10.5. The van der Waals surface area contributed by atoms with Gasteiger partial charge in [0.1, 0.15) is 5.56 Å². The van der Waals surface area contributed by atoms with Gasteiger partial charge in [-0.25, -0.2) is 10.5 Å². The molecule has 0 saturated carbocycles. The van der Waals surface area contributed by atoms with Gasteiger partial charge in [-0.2, -0.15) is 4.98 Å². The lowest BCUT2D eigenvalue weighted by molar-refractivity contribution is 0.0363. The van der Waals surface area contributed by atoms with Crippen molar-refractivity contribution >= 4 is 28.6 Å². The third-order valence-electron chi connectivity index (χ3n) is 7.59. The van der Waals surface area contributed by atoms with Gasteiger partial charge in [-0.1, -0.05) is 18.2 Å². The van der Waals surface area contributed by atoms with Crippen LogP contribution < -0.4 is 16.2 Å². The largest absolute Gasteiger partial charge is 0.324 e. The number of amides is 1. The number of carbonyl (C=O) groups excluding carboxylic acids is 1. The molecule has 0 aliphatic carbocycles. The lowest BCUT2D eigenvalue weighted by Crippen LogP contribution is -2.45. The summed E-state index contributed by atoms with van der Waals surface area (Å²) in [5, 5.41) is 3.50. The maximum absolute atomic E-state index is 13.3. The standard InChI is InChI=1S/C31H37N7O3/c1-5-41-35-30(40)27-20-38(25-11-6-21(2)22(3)18-25)29-26(28(27)39)19-32-31(34-29)33-24-9-7-23(8-10-24)12-13-37-16-14-36(4)15-17-37/h6-11,18-20H,5,12-17H2,1-4H3,(H,35,40)(H,32,33,34). The van der Waals surface area contributed by atoms with E-state index < -0.39 is 11.3 Å². The number of anilines is 2. The predicted molar refractivity (Wildman–Crippen MR) is 161 cm³/mol. The molecular formula is C31H37N7O3. The first-order valence-corrected chi connectivity index (χ1v) is 14.0. The summed E-state index contributed by atoms with van der Waals surface area (Å²) in [5.41, 5.74) is 7.31. The lowest BCUT2D eigenvalue weighted by atomic mass is 10.1. The van der Waals surface area contributed by atoms with Crippen molar-refractivity contribution in [3.05, 3.63) is 87.3 Å². The monoisotopic (exact) mass is 555 g/mol. The summed E-state index contributed by atoms with van der Waals surface area (Å²) < 4.78 is 1.75. The zero-order valence-corrected chi connectivity index (χ0v) is 24.1. The van der Waals surface area contributed by atoms with E-state index in [0.29, 0.717) is 11.6 Å². The number of aryl methyl sites for hydroxylation is 2. The Morgan fingerprint density at radius 2 is 1.78 bits per heavy atom. The molecule has 1 amide bonds. The average Bonchev–Trinajstić information content (AvgIpc) is 2.98. The van der Waals surface area contributed by atoms with Gasteiger partial charge in [0.25, 0.3) is 5.91 Å². The Balaban J connectivity index is 1.42. The molecular weight excluding hydrogens is 518 g/mol. The summed E-state index contributed by atoms with van der Waals surface area (Å²) in [7, 11) is 2.17. The Morgan fingerprint density at radius 1 is 1.02 bits per heavy atom. The number of hydroxylamine groups is 1. The number of carbonyl (C=O) groups is 1. The minimum absolute atomic E-state index is 0.0550. The zero-order chi connectivity index (χ0) is 28.9. The number of hydrogen-bond acceptors (Lipinski definition) is 8. The third kappa shape index (κ3) is 6.62. The molecule has 0 atom stereocenters. The van der Waals surface area contributed by atoms with Crippen molar-refractivity contribution in [1.82, 2.24) is 29.8 Å². The molecule has 10 heteroatoms. The topological polar surface area (TPSA) is 105 Å². The molecule has 1 saturated heterocycles. The fourth-order valence-corrected chi connectivity index (χ4v) is 4.84. The molecule has 4 aromatic rings. The second-order valence-electron chi connectivity index (χ2n) is 10.5. The van der Waals surface area contributed by atoms with Crippen molar-refractivity contribution in [3.63, 3.8) is 0 Å². The molecule has 1 aliphatic rings. The molecule has 1 fully saturated rings. The zero-order valence-electron chi connectivity index (χ0n) is 24.1. The van der Waals surface area contributed by atoms with E-state index in [4.69, 9.17) is 9.82 Å². The molecule has 1 aliphatic heterocycles. The number of rotatable bonds is 9. The number of piperazine rings is 1. The number of benzene rings is 2. The first-order chi connectivity index (χ1) is 19.8. The van der Waals surface area contributed by atoms with Crippen LogP contribution in [0.5, 0.6) is 0 Å². The van der Waals surface area contributed by atoms with Crippen molar-refractivity contribution in [2.75, 3.05) is 51.7 Å². The van der Waals surface area contributed by atoms with E-state index in [9.17, 15) is 9.59 Å². The Hall–Kier alpha value is -4.12. The smallest absolute Gasteiger partial charge is 0.280 e. The summed E-state index contributed by atoms with van der Waals surface area (Å²) in [5.74, 6) is -0.266. The van der Waals surface area contributed by atoms with Gasteiger partial charge in [0.2, 0.25) is 11.4 Å². The SMILES string of the molecule is CCONC(=O)c1cn(-c2ccc(C)c(C)c2)c2nc(Nc3ccc(CCN4CCN(C)CC4)cc3)ncc2c1=O. The van der Waals surface area contributed by atoms with Crippen LogP contribution in [-0.4, -0.2) is 76.6 Å². The normalized spacial score (nSPS) is 14.3. The summed E-state index contributed by atoms with van der Waals surface area (Å²) in [6.07, 6.45) is 3.97. The molecule has 2 N–H and O–H groups in total. The van der Waals surface area contributed by atoms with E-state index in [1.165, 1.54) is 18.0 Å². The molecule has 0 unspecified atom stereocenters. The van der Waals surface area contributed by atoms with Crippen LogP contribution >= 0.6 is 0 Å². The van der Waals surface area contributed by atoms with Crippen LogP contribution in [0.1, 0.15) is 34.0 Å². The number of likely N-dealkylation sites (N-methyl/N-ethyl adjacent to an activating group) is 1. The van der Waals surface area contributed by atoms with Crippen LogP contribution in [0.25, 0.3) is 16.7 Å². The van der Waals surface area contributed by atoms with E-state index in [0.717, 1.165) is 61.6 Å². The maximum atomic E-state index is 13.3. The van der Waals surface area contributed by atoms with Crippen LogP contribution in [0, 0.1) is 13.8 Å². The number of fused-ring (bicyclic) bond motifs is 1. The maximum Gasteiger partial charge on any atom is 0.280 e.